The van der Waals surface area contributed by atoms with E-state index in [-0.39, 0.29) is 5.56 Å². The van der Waals surface area contributed by atoms with Crippen molar-refractivity contribution in [2.75, 3.05) is 18.4 Å². The quantitative estimate of drug-likeness (QED) is 0.694. The third-order valence-corrected chi connectivity index (χ3v) is 5.90. The van der Waals surface area contributed by atoms with Gasteiger partial charge in [0.2, 0.25) is 0 Å². The van der Waals surface area contributed by atoms with Gasteiger partial charge in [-0.3, -0.25) is 9.20 Å². The summed E-state index contributed by atoms with van der Waals surface area (Å²) in [5.41, 5.74) is 4.50. The molecule has 1 unspecified atom stereocenters. The highest BCUT2D eigenvalue weighted by molar-refractivity contribution is 5.69. The Hall–Kier alpha value is -2.66. The summed E-state index contributed by atoms with van der Waals surface area (Å²) in [4.78, 5) is 18.1. The Labute approximate surface area is 164 Å². The van der Waals surface area contributed by atoms with Gasteiger partial charge in [-0.15, -0.1) is 0 Å². The third kappa shape index (κ3) is 3.54. The minimum Gasteiger partial charge on any atom is -0.381 e. The second-order valence-electron chi connectivity index (χ2n) is 8.06. The number of rotatable bonds is 6. The van der Waals surface area contributed by atoms with Crippen LogP contribution in [0.25, 0.3) is 16.8 Å². The predicted molar refractivity (Wildman–Crippen MR) is 113 cm³/mol. The van der Waals surface area contributed by atoms with Crippen LogP contribution in [0.5, 0.6) is 0 Å². The molecule has 1 aromatic carbocycles. The van der Waals surface area contributed by atoms with E-state index in [4.69, 9.17) is 4.98 Å². The van der Waals surface area contributed by atoms with Crippen molar-refractivity contribution in [3.8, 4) is 11.1 Å². The zero-order valence-corrected chi connectivity index (χ0v) is 16.0. The standard InChI is InChI=1S/C23H26N4O/c28-23-22(17-7-9-18(10-8-17)25-19-12-13-24-15-19)20(11-6-16-4-5-16)26-21-3-1-2-14-27(21)23/h1-3,7-10,14,16,19,24-25H,4-6,11-13,15H2. The van der Waals surface area contributed by atoms with Crippen molar-refractivity contribution in [1.29, 1.82) is 0 Å². The van der Waals surface area contributed by atoms with Crippen LogP contribution in [0.2, 0.25) is 0 Å². The van der Waals surface area contributed by atoms with Crippen LogP contribution in [0, 0.1) is 5.92 Å². The summed E-state index contributed by atoms with van der Waals surface area (Å²) >= 11 is 0. The summed E-state index contributed by atoms with van der Waals surface area (Å²) in [5.74, 6) is 0.815. The van der Waals surface area contributed by atoms with Gasteiger partial charge in [-0.25, -0.2) is 4.98 Å². The van der Waals surface area contributed by atoms with E-state index in [1.54, 1.807) is 4.40 Å². The smallest absolute Gasteiger partial charge is 0.265 e. The number of aryl methyl sites for hydroxylation is 1. The molecule has 5 rings (SSSR count). The maximum atomic E-state index is 13.3. The van der Waals surface area contributed by atoms with Crippen LogP contribution in [0.4, 0.5) is 5.69 Å². The molecule has 3 heterocycles. The van der Waals surface area contributed by atoms with Crippen molar-refractivity contribution in [2.24, 2.45) is 5.92 Å². The van der Waals surface area contributed by atoms with Gasteiger partial charge in [0.05, 0.1) is 11.3 Å². The van der Waals surface area contributed by atoms with Gasteiger partial charge >= 0.3 is 0 Å². The van der Waals surface area contributed by atoms with Crippen LogP contribution in [-0.4, -0.2) is 28.5 Å². The molecule has 5 nitrogen and oxygen atoms in total. The van der Waals surface area contributed by atoms with Crippen LogP contribution >= 0.6 is 0 Å². The minimum atomic E-state index is 0.0251. The molecule has 1 saturated heterocycles. The average molecular weight is 374 g/mol. The van der Waals surface area contributed by atoms with E-state index >= 15 is 0 Å². The van der Waals surface area contributed by atoms with E-state index in [0.717, 1.165) is 66.4 Å². The maximum absolute atomic E-state index is 13.3. The zero-order chi connectivity index (χ0) is 18.9. The number of hydrogen-bond acceptors (Lipinski definition) is 4. The maximum Gasteiger partial charge on any atom is 0.265 e. The van der Waals surface area contributed by atoms with Gasteiger partial charge in [-0.2, -0.15) is 0 Å². The molecule has 0 spiro atoms. The van der Waals surface area contributed by atoms with Gasteiger partial charge in [-0.05, 0) is 61.6 Å². The second kappa shape index (κ2) is 7.40. The topological polar surface area (TPSA) is 58.4 Å². The monoisotopic (exact) mass is 374 g/mol. The first-order valence-electron chi connectivity index (χ1n) is 10.4. The summed E-state index contributed by atoms with van der Waals surface area (Å²) in [6.45, 7) is 2.07. The van der Waals surface area contributed by atoms with Crippen molar-refractivity contribution < 1.29 is 0 Å². The van der Waals surface area contributed by atoms with E-state index < -0.39 is 0 Å². The van der Waals surface area contributed by atoms with E-state index in [0.29, 0.717) is 6.04 Å². The molecule has 5 heteroatoms. The molecule has 1 aliphatic heterocycles. The Balaban J connectivity index is 1.51. The molecular weight excluding hydrogens is 348 g/mol. The summed E-state index contributed by atoms with van der Waals surface area (Å²) < 4.78 is 1.66. The van der Waals surface area contributed by atoms with E-state index in [1.165, 1.54) is 12.8 Å². The highest BCUT2D eigenvalue weighted by Gasteiger charge is 2.23. The molecule has 2 aromatic heterocycles. The Morgan fingerprint density at radius 3 is 2.71 bits per heavy atom. The molecule has 28 heavy (non-hydrogen) atoms. The molecule has 0 bridgehead atoms. The van der Waals surface area contributed by atoms with Crippen LogP contribution in [0.1, 0.15) is 31.4 Å². The second-order valence-corrected chi connectivity index (χ2v) is 8.06. The lowest BCUT2D eigenvalue weighted by molar-refractivity contribution is 0.713. The Bertz CT molecular complexity index is 1030. The van der Waals surface area contributed by atoms with Crippen LogP contribution < -0.4 is 16.2 Å². The summed E-state index contributed by atoms with van der Waals surface area (Å²) in [7, 11) is 0. The fourth-order valence-electron chi connectivity index (χ4n) is 4.10. The first-order valence-corrected chi connectivity index (χ1v) is 10.4. The lowest BCUT2D eigenvalue weighted by Gasteiger charge is -2.14. The summed E-state index contributed by atoms with van der Waals surface area (Å²) in [6.07, 6.45) is 7.58. The normalized spacial score (nSPS) is 19.2. The molecule has 2 N–H and O–H groups in total. The first kappa shape index (κ1) is 17.4. The molecule has 144 valence electrons. The van der Waals surface area contributed by atoms with Crippen molar-refractivity contribution in [3.63, 3.8) is 0 Å². The predicted octanol–water partition coefficient (Wildman–Crippen LogP) is 3.48. The molecule has 0 amide bonds. The fourth-order valence-corrected chi connectivity index (χ4v) is 4.10. The Kier molecular flexibility index (Phi) is 4.61. The zero-order valence-electron chi connectivity index (χ0n) is 16.0. The van der Waals surface area contributed by atoms with Gasteiger partial charge in [0.25, 0.3) is 5.56 Å². The largest absolute Gasteiger partial charge is 0.381 e. The number of hydrogen-bond donors (Lipinski definition) is 2. The first-order chi connectivity index (χ1) is 13.8. The molecule has 1 saturated carbocycles. The fraction of sp³-hybridized carbons (Fsp3) is 0.391. The highest BCUT2D eigenvalue weighted by atomic mass is 16.1. The Morgan fingerprint density at radius 2 is 1.96 bits per heavy atom. The molecule has 2 fully saturated rings. The Morgan fingerprint density at radius 1 is 1.11 bits per heavy atom. The average Bonchev–Trinajstić information content (AvgIpc) is 3.42. The summed E-state index contributed by atoms with van der Waals surface area (Å²) in [5, 5.41) is 6.94. The molecular formula is C23H26N4O. The molecule has 3 aromatic rings. The van der Waals surface area contributed by atoms with E-state index in [1.807, 2.05) is 24.4 Å². The van der Waals surface area contributed by atoms with E-state index in [9.17, 15) is 4.79 Å². The SMILES string of the molecule is O=c1c(-c2ccc(NC3CCNC3)cc2)c(CCC2CC2)nc2ccccn12. The minimum absolute atomic E-state index is 0.0251. The van der Waals surface area contributed by atoms with Gasteiger partial charge < -0.3 is 10.6 Å². The van der Waals surface area contributed by atoms with Crippen LogP contribution in [-0.2, 0) is 6.42 Å². The van der Waals surface area contributed by atoms with Gasteiger partial charge in [0.15, 0.2) is 0 Å². The van der Waals surface area contributed by atoms with Crippen molar-refractivity contribution in [1.82, 2.24) is 14.7 Å². The summed E-state index contributed by atoms with van der Waals surface area (Å²) in [6, 6.07) is 14.5. The number of nitrogens with zero attached hydrogens (tertiary/aromatic N) is 2. The van der Waals surface area contributed by atoms with Crippen LogP contribution in [0.15, 0.2) is 53.5 Å². The number of benzene rings is 1. The molecule has 1 aliphatic carbocycles. The molecule has 1 atom stereocenters. The number of nitrogens with one attached hydrogen (secondary N) is 2. The van der Waals surface area contributed by atoms with Crippen molar-refractivity contribution in [2.45, 2.75) is 38.1 Å². The third-order valence-electron chi connectivity index (χ3n) is 5.90. The van der Waals surface area contributed by atoms with Gasteiger partial charge in [0, 0.05) is 24.5 Å². The van der Waals surface area contributed by atoms with Crippen LogP contribution in [0.3, 0.4) is 0 Å². The van der Waals surface area contributed by atoms with Crippen molar-refractivity contribution >= 4 is 11.3 Å². The lowest BCUT2D eigenvalue weighted by atomic mass is 10.0. The highest BCUT2D eigenvalue weighted by Crippen LogP contribution is 2.34. The number of anilines is 1. The molecule has 0 radical (unpaired) electrons. The number of pyridine rings is 1. The lowest BCUT2D eigenvalue weighted by Crippen LogP contribution is -2.22. The number of aromatic nitrogens is 2. The van der Waals surface area contributed by atoms with Crippen molar-refractivity contribution in [3.05, 3.63) is 64.7 Å². The van der Waals surface area contributed by atoms with Gasteiger partial charge in [0.1, 0.15) is 5.65 Å². The van der Waals surface area contributed by atoms with Gasteiger partial charge in [-0.1, -0.05) is 31.0 Å². The number of fused-ring (bicyclic) bond motifs is 1. The van der Waals surface area contributed by atoms with E-state index in [2.05, 4.69) is 34.9 Å². The molecule has 2 aliphatic rings.